The Morgan fingerprint density at radius 2 is 1.72 bits per heavy atom. The molecule has 18 heavy (non-hydrogen) atoms. The van der Waals surface area contributed by atoms with Gasteiger partial charge in [-0.3, -0.25) is 9.59 Å². The van der Waals surface area contributed by atoms with Crippen LogP contribution < -0.4 is 5.73 Å². The minimum atomic E-state index is -0.962. The van der Waals surface area contributed by atoms with Crippen molar-refractivity contribution in [2.75, 3.05) is 0 Å². The molecule has 1 rings (SSSR count). The molecule has 0 aliphatic heterocycles. The molecule has 0 spiro atoms. The average molecular weight is 257 g/mol. The van der Waals surface area contributed by atoms with E-state index in [0.29, 0.717) is 25.7 Å². The Labute approximate surface area is 108 Å². The molecule has 1 aliphatic rings. The highest BCUT2D eigenvalue weighted by Gasteiger charge is 2.33. The summed E-state index contributed by atoms with van der Waals surface area (Å²) in [5.41, 5.74) is 5.13. The lowest BCUT2D eigenvalue weighted by Crippen LogP contribution is -2.41. The van der Waals surface area contributed by atoms with E-state index in [4.69, 9.17) is 15.6 Å². The van der Waals surface area contributed by atoms with Gasteiger partial charge < -0.3 is 15.6 Å². The predicted molar refractivity (Wildman–Crippen MR) is 66.9 cm³/mol. The Bertz CT molecular complexity index is 313. The van der Waals surface area contributed by atoms with Gasteiger partial charge in [0.15, 0.2) is 0 Å². The molecule has 104 valence electrons. The van der Waals surface area contributed by atoms with Gasteiger partial charge in [0.1, 0.15) is 11.6 Å². The second kappa shape index (κ2) is 5.69. The van der Waals surface area contributed by atoms with Crippen molar-refractivity contribution in [3.63, 3.8) is 0 Å². The second-order valence-corrected chi connectivity index (χ2v) is 6.01. The first kappa shape index (κ1) is 15.0. The maximum atomic E-state index is 11.9. The zero-order chi connectivity index (χ0) is 13.9. The monoisotopic (exact) mass is 257 g/mol. The molecule has 0 bridgehead atoms. The maximum Gasteiger partial charge on any atom is 0.320 e. The molecule has 0 aromatic heterocycles. The topological polar surface area (TPSA) is 89.6 Å². The molecule has 0 aromatic rings. The molecule has 0 aromatic carbocycles. The zero-order valence-corrected chi connectivity index (χ0v) is 11.3. The van der Waals surface area contributed by atoms with Crippen molar-refractivity contribution in [1.82, 2.24) is 0 Å². The van der Waals surface area contributed by atoms with Crippen molar-refractivity contribution in [3.8, 4) is 0 Å². The summed E-state index contributed by atoms with van der Waals surface area (Å²) < 4.78 is 5.33. The van der Waals surface area contributed by atoms with E-state index in [1.54, 1.807) is 0 Å². The Balaban J connectivity index is 2.44. The van der Waals surface area contributed by atoms with Crippen LogP contribution in [0, 0.1) is 11.8 Å². The molecule has 0 heterocycles. The van der Waals surface area contributed by atoms with Crippen LogP contribution in [0.1, 0.15) is 46.5 Å². The van der Waals surface area contributed by atoms with Crippen molar-refractivity contribution in [3.05, 3.63) is 0 Å². The number of rotatable bonds is 3. The summed E-state index contributed by atoms with van der Waals surface area (Å²) in [5.74, 6) is -1.27. The zero-order valence-electron chi connectivity index (χ0n) is 11.3. The minimum Gasteiger partial charge on any atom is -0.480 e. The SMILES string of the molecule is CC(C)(C)OC(=O)C1CCC(C(N)C(=O)O)CC1. The standard InChI is InChI=1S/C13H23NO4/c1-13(2,3)18-12(17)9-6-4-8(5-7-9)10(14)11(15)16/h8-10H,4-7,14H2,1-3H3,(H,15,16). The van der Waals surface area contributed by atoms with E-state index in [1.807, 2.05) is 20.8 Å². The number of hydrogen-bond donors (Lipinski definition) is 2. The third kappa shape index (κ3) is 4.29. The number of carboxylic acid groups (broad SMARTS) is 1. The lowest BCUT2D eigenvalue weighted by molar-refractivity contribution is -0.161. The first-order chi connectivity index (χ1) is 8.20. The van der Waals surface area contributed by atoms with Gasteiger partial charge in [0, 0.05) is 0 Å². The lowest BCUT2D eigenvalue weighted by Gasteiger charge is -2.31. The molecular formula is C13H23NO4. The van der Waals surface area contributed by atoms with Gasteiger partial charge in [-0.1, -0.05) is 0 Å². The van der Waals surface area contributed by atoms with E-state index in [1.165, 1.54) is 0 Å². The first-order valence-corrected chi connectivity index (χ1v) is 6.42. The molecule has 0 radical (unpaired) electrons. The molecule has 0 saturated heterocycles. The molecule has 1 aliphatic carbocycles. The first-order valence-electron chi connectivity index (χ1n) is 6.42. The van der Waals surface area contributed by atoms with Crippen LogP contribution in [0.25, 0.3) is 0 Å². The van der Waals surface area contributed by atoms with Crippen LogP contribution in [0.2, 0.25) is 0 Å². The Hall–Kier alpha value is -1.10. The van der Waals surface area contributed by atoms with Crippen LogP contribution in [0.15, 0.2) is 0 Å². The summed E-state index contributed by atoms with van der Waals surface area (Å²) >= 11 is 0. The molecule has 1 saturated carbocycles. The van der Waals surface area contributed by atoms with Crippen LogP contribution in [0.3, 0.4) is 0 Å². The summed E-state index contributed by atoms with van der Waals surface area (Å²) in [7, 11) is 0. The van der Waals surface area contributed by atoms with Gasteiger partial charge >= 0.3 is 11.9 Å². The predicted octanol–water partition coefficient (Wildman–Crippen LogP) is 1.55. The second-order valence-electron chi connectivity index (χ2n) is 6.01. The highest BCUT2D eigenvalue weighted by atomic mass is 16.6. The van der Waals surface area contributed by atoms with Crippen LogP contribution in [0.5, 0.6) is 0 Å². The molecule has 5 heteroatoms. The fourth-order valence-corrected chi connectivity index (χ4v) is 2.30. The van der Waals surface area contributed by atoms with Crippen molar-refractivity contribution in [2.24, 2.45) is 17.6 Å². The molecule has 5 nitrogen and oxygen atoms in total. The average Bonchev–Trinajstić information content (AvgIpc) is 2.26. The largest absolute Gasteiger partial charge is 0.480 e. The van der Waals surface area contributed by atoms with Crippen molar-refractivity contribution < 1.29 is 19.4 Å². The van der Waals surface area contributed by atoms with Crippen molar-refractivity contribution in [1.29, 1.82) is 0 Å². The summed E-state index contributed by atoms with van der Waals surface area (Å²) in [6.07, 6.45) is 2.69. The summed E-state index contributed by atoms with van der Waals surface area (Å²) in [6.45, 7) is 5.53. The molecule has 1 atom stereocenters. The Morgan fingerprint density at radius 1 is 1.22 bits per heavy atom. The molecule has 3 N–H and O–H groups in total. The van der Waals surface area contributed by atoms with Crippen molar-refractivity contribution >= 4 is 11.9 Å². The number of carbonyl (C=O) groups is 2. The fourth-order valence-electron chi connectivity index (χ4n) is 2.30. The Kier molecular flexibility index (Phi) is 4.73. The lowest BCUT2D eigenvalue weighted by atomic mass is 9.78. The third-order valence-corrected chi connectivity index (χ3v) is 3.30. The molecule has 1 fully saturated rings. The number of nitrogens with two attached hydrogens (primary N) is 1. The van der Waals surface area contributed by atoms with Gasteiger partial charge in [0.25, 0.3) is 0 Å². The minimum absolute atomic E-state index is 0.0267. The highest BCUT2D eigenvalue weighted by Crippen LogP contribution is 2.32. The van der Waals surface area contributed by atoms with Gasteiger partial charge in [0.05, 0.1) is 5.92 Å². The number of carbonyl (C=O) groups excluding carboxylic acids is 1. The van der Waals surface area contributed by atoms with Crippen LogP contribution in [0.4, 0.5) is 0 Å². The van der Waals surface area contributed by atoms with Gasteiger partial charge in [-0.05, 0) is 52.4 Å². The number of aliphatic carboxylic acids is 1. The van der Waals surface area contributed by atoms with Crippen LogP contribution in [-0.4, -0.2) is 28.7 Å². The number of hydrogen-bond acceptors (Lipinski definition) is 4. The quantitative estimate of drug-likeness (QED) is 0.749. The van der Waals surface area contributed by atoms with Gasteiger partial charge in [-0.2, -0.15) is 0 Å². The van der Waals surface area contributed by atoms with E-state index in [9.17, 15) is 9.59 Å². The van der Waals surface area contributed by atoms with E-state index in [-0.39, 0.29) is 17.8 Å². The van der Waals surface area contributed by atoms with E-state index < -0.39 is 17.6 Å². The van der Waals surface area contributed by atoms with Gasteiger partial charge in [0.2, 0.25) is 0 Å². The summed E-state index contributed by atoms with van der Waals surface area (Å²) in [4.78, 5) is 22.6. The normalized spacial score (nSPS) is 26.4. The van der Waals surface area contributed by atoms with E-state index >= 15 is 0 Å². The summed E-state index contributed by atoms with van der Waals surface area (Å²) in [6, 6.07) is -0.815. The molecule has 1 unspecified atom stereocenters. The Morgan fingerprint density at radius 3 is 2.11 bits per heavy atom. The highest BCUT2D eigenvalue weighted by molar-refractivity contribution is 5.74. The van der Waals surface area contributed by atoms with Gasteiger partial charge in [-0.15, -0.1) is 0 Å². The van der Waals surface area contributed by atoms with E-state index in [0.717, 1.165) is 0 Å². The van der Waals surface area contributed by atoms with E-state index in [2.05, 4.69) is 0 Å². The number of ether oxygens (including phenoxy) is 1. The maximum absolute atomic E-state index is 11.9. The fraction of sp³-hybridized carbons (Fsp3) is 0.846. The smallest absolute Gasteiger partial charge is 0.320 e. The van der Waals surface area contributed by atoms with Crippen LogP contribution >= 0.6 is 0 Å². The van der Waals surface area contributed by atoms with Crippen LogP contribution in [-0.2, 0) is 14.3 Å². The number of carboxylic acids is 1. The van der Waals surface area contributed by atoms with Crippen molar-refractivity contribution in [2.45, 2.75) is 58.1 Å². The summed E-state index contributed by atoms with van der Waals surface area (Å²) in [5, 5.41) is 8.85. The van der Waals surface area contributed by atoms with Gasteiger partial charge in [-0.25, -0.2) is 0 Å². The molecular weight excluding hydrogens is 234 g/mol. The third-order valence-electron chi connectivity index (χ3n) is 3.30. The number of esters is 1. The molecule has 0 amide bonds.